The van der Waals surface area contributed by atoms with E-state index >= 15 is 0 Å². The molecule has 0 amide bonds. The quantitative estimate of drug-likeness (QED) is 0.874. The predicted octanol–water partition coefficient (Wildman–Crippen LogP) is 3.67. The van der Waals surface area contributed by atoms with Crippen LogP contribution in [0.25, 0.3) is 11.6 Å². The number of H-pyrrole nitrogens is 1. The first kappa shape index (κ1) is 14.6. The van der Waals surface area contributed by atoms with Crippen LogP contribution in [0, 0.1) is 0 Å². The van der Waals surface area contributed by atoms with Crippen molar-refractivity contribution in [2.45, 2.75) is 25.4 Å². The number of halogens is 3. The molecule has 1 aliphatic rings. The van der Waals surface area contributed by atoms with Gasteiger partial charge < -0.3 is 4.98 Å². The number of nitrogens with zero attached hydrogens (tertiary/aromatic N) is 1. The minimum absolute atomic E-state index is 0.0838. The van der Waals surface area contributed by atoms with E-state index in [0.29, 0.717) is 18.4 Å². The molecule has 2 aromatic rings. The number of hydrogen-bond acceptors (Lipinski definition) is 2. The maximum Gasteiger partial charge on any atom is 0.431 e. The highest BCUT2D eigenvalue weighted by atomic mass is 19.4. The lowest BCUT2D eigenvalue weighted by atomic mass is 9.89. The average molecular weight is 306 g/mol. The van der Waals surface area contributed by atoms with Gasteiger partial charge in [0.1, 0.15) is 5.69 Å². The van der Waals surface area contributed by atoms with Crippen LogP contribution < -0.4 is 5.69 Å². The van der Waals surface area contributed by atoms with Crippen LogP contribution in [-0.2, 0) is 12.6 Å². The molecule has 0 aliphatic heterocycles. The molecular weight excluding hydrogens is 293 g/mol. The third kappa shape index (κ3) is 2.81. The number of nitrogens with one attached hydrogen (secondary N) is 1. The van der Waals surface area contributed by atoms with Crippen molar-refractivity contribution in [1.82, 2.24) is 9.97 Å². The lowest BCUT2D eigenvalue weighted by molar-refractivity contribution is -0.142. The van der Waals surface area contributed by atoms with Gasteiger partial charge in [-0.1, -0.05) is 30.3 Å². The van der Waals surface area contributed by atoms with E-state index < -0.39 is 17.6 Å². The molecule has 0 saturated carbocycles. The summed E-state index contributed by atoms with van der Waals surface area (Å²) in [4.78, 5) is 17.1. The van der Waals surface area contributed by atoms with Gasteiger partial charge in [-0.05, 0) is 36.5 Å². The van der Waals surface area contributed by atoms with Gasteiger partial charge in [-0.3, -0.25) is 0 Å². The first-order chi connectivity index (χ1) is 10.4. The minimum Gasteiger partial charge on any atom is -0.301 e. The number of allylic oxidation sites excluding steroid dienone is 1. The van der Waals surface area contributed by atoms with Crippen molar-refractivity contribution in [3.05, 3.63) is 63.3 Å². The zero-order chi connectivity index (χ0) is 15.7. The van der Waals surface area contributed by atoms with E-state index in [-0.39, 0.29) is 17.7 Å². The van der Waals surface area contributed by atoms with Crippen LogP contribution in [0.1, 0.15) is 35.4 Å². The van der Waals surface area contributed by atoms with Crippen LogP contribution in [0.4, 0.5) is 13.2 Å². The monoisotopic (exact) mass is 306 g/mol. The number of rotatable bonds is 1. The predicted molar refractivity (Wildman–Crippen MR) is 77.1 cm³/mol. The van der Waals surface area contributed by atoms with E-state index in [4.69, 9.17) is 0 Å². The first-order valence-electron chi connectivity index (χ1n) is 6.91. The van der Waals surface area contributed by atoms with Crippen molar-refractivity contribution >= 4 is 11.6 Å². The van der Waals surface area contributed by atoms with Gasteiger partial charge in [-0.15, -0.1) is 0 Å². The van der Waals surface area contributed by atoms with E-state index in [9.17, 15) is 18.0 Å². The highest BCUT2D eigenvalue weighted by Crippen LogP contribution is 2.37. The van der Waals surface area contributed by atoms with Crippen molar-refractivity contribution in [3.8, 4) is 0 Å². The number of aromatic amines is 1. The number of fused-ring (bicyclic) bond motifs is 1. The second kappa shape index (κ2) is 5.44. The molecule has 0 spiro atoms. The summed E-state index contributed by atoms with van der Waals surface area (Å²) in [6.45, 7) is 0. The Bertz CT molecular complexity index is 776. The molecule has 22 heavy (non-hydrogen) atoms. The summed E-state index contributed by atoms with van der Waals surface area (Å²) in [5.41, 5.74) is -0.134. The van der Waals surface area contributed by atoms with E-state index in [0.717, 1.165) is 5.56 Å². The number of benzene rings is 1. The fourth-order valence-electron chi connectivity index (χ4n) is 2.71. The van der Waals surface area contributed by atoms with Gasteiger partial charge in [0.15, 0.2) is 0 Å². The zero-order valence-electron chi connectivity index (χ0n) is 11.6. The molecule has 3 rings (SSSR count). The first-order valence-corrected chi connectivity index (χ1v) is 6.91. The second-order valence-corrected chi connectivity index (χ2v) is 5.18. The number of aromatic nitrogens is 2. The Labute approximate surface area is 124 Å². The molecule has 6 heteroatoms. The molecule has 1 aromatic carbocycles. The van der Waals surface area contributed by atoms with Crippen molar-refractivity contribution in [2.24, 2.45) is 0 Å². The lowest BCUT2D eigenvalue weighted by Gasteiger charge is -2.21. The van der Waals surface area contributed by atoms with Gasteiger partial charge in [0.2, 0.25) is 0 Å². The van der Waals surface area contributed by atoms with Crippen molar-refractivity contribution in [2.75, 3.05) is 0 Å². The van der Waals surface area contributed by atoms with Crippen LogP contribution >= 0.6 is 0 Å². The zero-order valence-corrected chi connectivity index (χ0v) is 11.6. The van der Waals surface area contributed by atoms with Crippen LogP contribution in [0.5, 0.6) is 0 Å². The molecule has 0 fully saturated rings. The third-order valence-electron chi connectivity index (χ3n) is 3.63. The standard InChI is InChI=1S/C16H13F3N2O/c17-16(18,19)14-12-8-4-7-11(13(12)20-15(22)21-14)9-10-5-2-1-3-6-10/h1-3,5-6,9H,4,7-8H2,(H,20,21,22). The van der Waals surface area contributed by atoms with Gasteiger partial charge >= 0.3 is 11.9 Å². The molecule has 0 saturated heterocycles. The van der Waals surface area contributed by atoms with Gasteiger partial charge in [-0.2, -0.15) is 18.2 Å². The van der Waals surface area contributed by atoms with Crippen molar-refractivity contribution in [1.29, 1.82) is 0 Å². The van der Waals surface area contributed by atoms with Crippen LogP contribution in [0.15, 0.2) is 35.1 Å². The maximum absolute atomic E-state index is 13.1. The molecule has 0 radical (unpaired) electrons. The molecule has 1 heterocycles. The molecule has 0 unspecified atom stereocenters. The molecule has 3 nitrogen and oxygen atoms in total. The topological polar surface area (TPSA) is 45.8 Å². The highest BCUT2D eigenvalue weighted by molar-refractivity contribution is 5.82. The summed E-state index contributed by atoms with van der Waals surface area (Å²) in [7, 11) is 0. The van der Waals surface area contributed by atoms with Crippen LogP contribution in [0.2, 0.25) is 0 Å². The summed E-state index contributed by atoms with van der Waals surface area (Å²) in [6.07, 6.45) is -1.32. The van der Waals surface area contributed by atoms with Gasteiger partial charge in [0.25, 0.3) is 0 Å². The molecule has 0 atom stereocenters. The molecule has 114 valence electrons. The molecular formula is C16H13F3N2O. The molecule has 1 aliphatic carbocycles. The van der Waals surface area contributed by atoms with Gasteiger partial charge in [0.05, 0.1) is 5.69 Å². The van der Waals surface area contributed by atoms with Gasteiger partial charge in [-0.25, -0.2) is 4.79 Å². The third-order valence-corrected chi connectivity index (χ3v) is 3.63. The van der Waals surface area contributed by atoms with E-state index in [1.54, 1.807) is 6.08 Å². The Balaban J connectivity index is 2.17. The van der Waals surface area contributed by atoms with Gasteiger partial charge in [0, 0.05) is 5.56 Å². The summed E-state index contributed by atoms with van der Waals surface area (Å²) in [5, 5.41) is 0. The Morgan fingerprint density at radius 3 is 2.55 bits per heavy atom. The van der Waals surface area contributed by atoms with Crippen LogP contribution in [-0.4, -0.2) is 9.97 Å². The van der Waals surface area contributed by atoms with E-state index in [2.05, 4.69) is 4.98 Å². The summed E-state index contributed by atoms with van der Waals surface area (Å²) in [6, 6.07) is 9.28. The van der Waals surface area contributed by atoms with Crippen molar-refractivity contribution in [3.63, 3.8) is 0 Å². The van der Waals surface area contributed by atoms with E-state index in [1.165, 1.54) is 0 Å². The molecule has 0 bridgehead atoms. The Hall–Kier alpha value is -2.37. The maximum atomic E-state index is 13.1. The average Bonchev–Trinajstić information content (AvgIpc) is 2.47. The second-order valence-electron chi connectivity index (χ2n) is 5.18. The normalized spacial score (nSPS) is 16.6. The largest absolute Gasteiger partial charge is 0.431 e. The fourth-order valence-corrected chi connectivity index (χ4v) is 2.71. The lowest BCUT2D eigenvalue weighted by Crippen LogP contribution is -2.25. The minimum atomic E-state index is -4.58. The van der Waals surface area contributed by atoms with Crippen molar-refractivity contribution < 1.29 is 13.2 Å². The Kier molecular flexibility index (Phi) is 3.60. The summed E-state index contributed by atoms with van der Waals surface area (Å²) < 4.78 is 39.3. The van der Waals surface area contributed by atoms with E-state index in [1.807, 2.05) is 35.3 Å². The molecule has 1 aromatic heterocycles. The Morgan fingerprint density at radius 1 is 1.14 bits per heavy atom. The smallest absolute Gasteiger partial charge is 0.301 e. The summed E-state index contributed by atoms with van der Waals surface area (Å²) >= 11 is 0. The highest BCUT2D eigenvalue weighted by Gasteiger charge is 2.37. The SMILES string of the molecule is O=c1nc2c(c(C(F)(F)F)[nH]1)CCCC2=Cc1ccccc1. The fraction of sp³-hybridized carbons (Fsp3) is 0.250. The number of alkyl halides is 3. The Morgan fingerprint density at radius 2 is 1.86 bits per heavy atom. The number of hydrogen-bond donors (Lipinski definition) is 1. The summed E-state index contributed by atoms with van der Waals surface area (Å²) in [5.74, 6) is 0. The molecule has 1 N–H and O–H groups in total. The van der Waals surface area contributed by atoms with Crippen LogP contribution in [0.3, 0.4) is 0 Å².